The fourth-order valence-corrected chi connectivity index (χ4v) is 2.61. The topological polar surface area (TPSA) is 80.5 Å². The summed E-state index contributed by atoms with van der Waals surface area (Å²) in [6.07, 6.45) is 1.79. The van der Waals surface area contributed by atoms with Crippen LogP contribution in [0.1, 0.15) is 17.2 Å². The molecule has 0 saturated carbocycles. The van der Waals surface area contributed by atoms with E-state index in [2.05, 4.69) is 15.2 Å². The maximum atomic E-state index is 12.2. The highest BCUT2D eigenvalue weighted by molar-refractivity contribution is 5.82. The molecule has 1 aromatic heterocycles. The highest BCUT2D eigenvalue weighted by Gasteiger charge is 2.15. The number of aromatic nitrogens is 1. The normalized spacial score (nSPS) is 15.8. The summed E-state index contributed by atoms with van der Waals surface area (Å²) in [6.45, 7) is 3.59. The first-order chi connectivity index (χ1) is 11.7. The Morgan fingerprint density at radius 1 is 1.21 bits per heavy atom. The molecule has 3 rings (SSSR count). The van der Waals surface area contributed by atoms with Gasteiger partial charge in [-0.1, -0.05) is 36.4 Å². The molecule has 1 aliphatic rings. The average molecular weight is 326 g/mol. The van der Waals surface area contributed by atoms with Gasteiger partial charge in [0.2, 0.25) is 5.91 Å². The molecule has 0 bridgehead atoms. The molecular weight excluding hydrogens is 304 g/mol. The van der Waals surface area contributed by atoms with Gasteiger partial charge in [-0.3, -0.25) is 4.79 Å². The quantitative estimate of drug-likeness (QED) is 0.864. The molecule has 1 amide bonds. The number of ether oxygens (including phenoxy) is 1. The minimum absolute atomic E-state index is 0.196. The van der Waals surface area contributed by atoms with Crippen molar-refractivity contribution >= 4 is 11.7 Å². The number of carbonyl (C=O) groups excluding carboxylic acids is 1. The van der Waals surface area contributed by atoms with E-state index in [1.54, 1.807) is 6.20 Å². The van der Waals surface area contributed by atoms with Gasteiger partial charge in [0.15, 0.2) is 0 Å². The van der Waals surface area contributed by atoms with Crippen LogP contribution in [-0.4, -0.2) is 37.2 Å². The average Bonchev–Trinajstić information content (AvgIpc) is 2.67. The van der Waals surface area contributed by atoms with E-state index >= 15 is 0 Å². The van der Waals surface area contributed by atoms with Gasteiger partial charge in [-0.2, -0.15) is 0 Å². The van der Waals surface area contributed by atoms with Crippen molar-refractivity contribution in [3.05, 3.63) is 59.8 Å². The number of morpholine rings is 1. The van der Waals surface area contributed by atoms with Crippen LogP contribution in [0.25, 0.3) is 0 Å². The molecule has 1 unspecified atom stereocenters. The zero-order chi connectivity index (χ0) is 16.8. The Balaban J connectivity index is 1.53. The van der Waals surface area contributed by atoms with E-state index in [0.29, 0.717) is 6.54 Å². The lowest BCUT2D eigenvalue weighted by atomic mass is 10.1. The summed E-state index contributed by atoms with van der Waals surface area (Å²) in [5.41, 5.74) is 7.72. The number of nitrogens with two attached hydrogens (primary N) is 1. The summed E-state index contributed by atoms with van der Waals surface area (Å²) in [4.78, 5) is 18.8. The third-order valence-electron chi connectivity index (χ3n) is 4.05. The Morgan fingerprint density at radius 2 is 1.96 bits per heavy atom. The van der Waals surface area contributed by atoms with E-state index in [1.165, 1.54) is 0 Å². The van der Waals surface area contributed by atoms with E-state index in [4.69, 9.17) is 10.5 Å². The standard InChI is InChI=1S/C18H22N4O2/c19-17(15-4-2-1-3-5-15)18(23)21-13-14-6-7-16(20-12-14)22-8-10-24-11-9-22/h1-7,12,17H,8-11,13,19H2,(H,21,23). The summed E-state index contributed by atoms with van der Waals surface area (Å²) in [6, 6.07) is 12.6. The number of nitrogens with one attached hydrogen (secondary N) is 1. The monoisotopic (exact) mass is 326 g/mol. The molecule has 1 saturated heterocycles. The van der Waals surface area contributed by atoms with Crippen LogP contribution in [0.4, 0.5) is 5.82 Å². The number of anilines is 1. The summed E-state index contributed by atoms with van der Waals surface area (Å²) in [5, 5.41) is 2.86. The van der Waals surface area contributed by atoms with Gasteiger partial charge in [0.05, 0.1) is 13.2 Å². The van der Waals surface area contributed by atoms with Crippen molar-refractivity contribution in [3.63, 3.8) is 0 Å². The number of amides is 1. The van der Waals surface area contributed by atoms with Gasteiger partial charge in [-0.15, -0.1) is 0 Å². The maximum absolute atomic E-state index is 12.2. The van der Waals surface area contributed by atoms with Crippen molar-refractivity contribution in [2.24, 2.45) is 5.73 Å². The Bertz CT molecular complexity index is 654. The molecule has 1 aromatic carbocycles. The number of nitrogens with zero attached hydrogens (tertiary/aromatic N) is 2. The van der Waals surface area contributed by atoms with Gasteiger partial charge < -0.3 is 20.7 Å². The van der Waals surface area contributed by atoms with Crippen LogP contribution in [0.5, 0.6) is 0 Å². The molecule has 6 nitrogen and oxygen atoms in total. The van der Waals surface area contributed by atoms with Crippen LogP contribution in [0, 0.1) is 0 Å². The van der Waals surface area contributed by atoms with Crippen LogP contribution in [0.3, 0.4) is 0 Å². The van der Waals surface area contributed by atoms with Crippen molar-refractivity contribution in [3.8, 4) is 0 Å². The minimum atomic E-state index is -0.660. The number of rotatable bonds is 5. The predicted molar refractivity (Wildman–Crippen MR) is 92.5 cm³/mol. The second-order valence-electron chi connectivity index (χ2n) is 5.73. The molecule has 0 aliphatic carbocycles. The number of pyridine rings is 1. The molecule has 3 N–H and O–H groups in total. The molecule has 2 heterocycles. The first kappa shape index (κ1) is 16.4. The minimum Gasteiger partial charge on any atom is -0.378 e. The lowest BCUT2D eigenvalue weighted by molar-refractivity contribution is -0.122. The molecule has 2 aromatic rings. The van der Waals surface area contributed by atoms with Gasteiger partial charge >= 0.3 is 0 Å². The molecule has 24 heavy (non-hydrogen) atoms. The van der Waals surface area contributed by atoms with E-state index in [1.807, 2.05) is 42.5 Å². The number of hydrogen-bond acceptors (Lipinski definition) is 5. The fraction of sp³-hybridized carbons (Fsp3) is 0.333. The molecule has 1 aliphatic heterocycles. The zero-order valence-corrected chi connectivity index (χ0v) is 13.5. The van der Waals surface area contributed by atoms with Gasteiger partial charge in [-0.05, 0) is 17.2 Å². The third kappa shape index (κ3) is 4.10. The van der Waals surface area contributed by atoms with Crippen molar-refractivity contribution in [2.75, 3.05) is 31.2 Å². The van der Waals surface area contributed by atoms with Crippen molar-refractivity contribution in [1.29, 1.82) is 0 Å². The molecule has 6 heteroatoms. The molecule has 0 spiro atoms. The highest BCUT2D eigenvalue weighted by atomic mass is 16.5. The highest BCUT2D eigenvalue weighted by Crippen LogP contribution is 2.13. The van der Waals surface area contributed by atoms with Crippen LogP contribution < -0.4 is 16.0 Å². The molecule has 126 valence electrons. The van der Waals surface area contributed by atoms with E-state index in [-0.39, 0.29) is 5.91 Å². The molecule has 0 radical (unpaired) electrons. The lowest BCUT2D eigenvalue weighted by Gasteiger charge is -2.27. The third-order valence-corrected chi connectivity index (χ3v) is 4.05. The van der Waals surface area contributed by atoms with Crippen molar-refractivity contribution in [1.82, 2.24) is 10.3 Å². The van der Waals surface area contributed by atoms with E-state index in [9.17, 15) is 4.79 Å². The van der Waals surface area contributed by atoms with Gasteiger partial charge in [0.1, 0.15) is 11.9 Å². The van der Waals surface area contributed by atoms with Crippen LogP contribution in [-0.2, 0) is 16.1 Å². The largest absolute Gasteiger partial charge is 0.378 e. The second kappa shape index (κ2) is 7.90. The number of hydrogen-bond donors (Lipinski definition) is 2. The summed E-state index contributed by atoms with van der Waals surface area (Å²) >= 11 is 0. The Hall–Kier alpha value is -2.44. The van der Waals surface area contributed by atoms with Crippen LogP contribution in [0.15, 0.2) is 48.7 Å². The Kier molecular flexibility index (Phi) is 5.40. The van der Waals surface area contributed by atoms with Crippen molar-refractivity contribution < 1.29 is 9.53 Å². The van der Waals surface area contributed by atoms with E-state index in [0.717, 1.165) is 43.2 Å². The Morgan fingerprint density at radius 3 is 2.62 bits per heavy atom. The number of benzene rings is 1. The van der Waals surface area contributed by atoms with Crippen LogP contribution in [0.2, 0.25) is 0 Å². The van der Waals surface area contributed by atoms with E-state index < -0.39 is 6.04 Å². The first-order valence-corrected chi connectivity index (χ1v) is 8.10. The maximum Gasteiger partial charge on any atom is 0.241 e. The smallest absolute Gasteiger partial charge is 0.241 e. The molecular formula is C18H22N4O2. The summed E-state index contributed by atoms with van der Waals surface area (Å²) in [7, 11) is 0. The molecule has 1 atom stereocenters. The summed E-state index contributed by atoms with van der Waals surface area (Å²) < 4.78 is 5.34. The van der Waals surface area contributed by atoms with Crippen LogP contribution >= 0.6 is 0 Å². The Labute approximate surface area is 141 Å². The summed E-state index contributed by atoms with van der Waals surface area (Å²) in [5.74, 6) is 0.743. The van der Waals surface area contributed by atoms with Gasteiger partial charge in [0, 0.05) is 25.8 Å². The second-order valence-corrected chi connectivity index (χ2v) is 5.73. The number of carbonyl (C=O) groups is 1. The predicted octanol–water partition coefficient (Wildman–Crippen LogP) is 1.23. The zero-order valence-electron chi connectivity index (χ0n) is 13.5. The lowest BCUT2D eigenvalue weighted by Crippen LogP contribution is -2.36. The first-order valence-electron chi connectivity index (χ1n) is 8.10. The SMILES string of the molecule is NC(C(=O)NCc1ccc(N2CCOCC2)nc1)c1ccccc1. The van der Waals surface area contributed by atoms with Gasteiger partial charge in [-0.25, -0.2) is 4.98 Å². The fourth-order valence-electron chi connectivity index (χ4n) is 2.61. The molecule has 1 fully saturated rings. The van der Waals surface area contributed by atoms with Crippen molar-refractivity contribution in [2.45, 2.75) is 12.6 Å². The van der Waals surface area contributed by atoms with Gasteiger partial charge in [0.25, 0.3) is 0 Å².